The van der Waals surface area contributed by atoms with Crippen molar-refractivity contribution in [2.45, 2.75) is 25.3 Å². The topological polar surface area (TPSA) is 26.0 Å². The Hall–Kier alpha value is -0.480. The molecule has 0 bridgehead atoms. The van der Waals surface area contributed by atoms with Gasteiger partial charge in [0.15, 0.2) is 0 Å². The second-order valence-corrected chi connectivity index (χ2v) is 4.90. The Bertz CT molecular complexity index is 377. The maximum Gasteiger partial charge on any atom is 0.145 e. The lowest BCUT2D eigenvalue weighted by molar-refractivity contribution is 0.496. The molecule has 1 fully saturated rings. The molecule has 0 spiro atoms. The molecule has 0 saturated heterocycles. The first kappa shape index (κ1) is 11.0. The molecule has 2 N–H and O–H groups in total. The highest BCUT2D eigenvalue weighted by Gasteiger charge is 2.27. The molecule has 4 heteroatoms. The van der Waals surface area contributed by atoms with Crippen LogP contribution in [0.4, 0.5) is 8.78 Å². The molecule has 1 unspecified atom stereocenters. The molecule has 2 rings (SSSR count). The van der Waals surface area contributed by atoms with E-state index >= 15 is 0 Å². The Labute approximate surface area is 95.8 Å². The third-order valence-electron chi connectivity index (χ3n) is 2.73. The molecular formula is C11H12BrF2N. The maximum absolute atomic E-state index is 13.6. The molecule has 0 aromatic heterocycles. The first-order valence-electron chi connectivity index (χ1n) is 4.98. The molecule has 1 nitrogen and oxygen atoms in total. The van der Waals surface area contributed by atoms with Crippen LogP contribution in [0.1, 0.15) is 30.9 Å². The monoisotopic (exact) mass is 275 g/mol. The van der Waals surface area contributed by atoms with Crippen LogP contribution in [0, 0.1) is 17.6 Å². The van der Waals surface area contributed by atoms with E-state index in [2.05, 4.69) is 15.9 Å². The van der Waals surface area contributed by atoms with Crippen LogP contribution < -0.4 is 5.73 Å². The van der Waals surface area contributed by atoms with Crippen molar-refractivity contribution in [3.63, 3.8) is 0 Å². The van der Waals surface area contributed by atoms with Crippen LogP contribution >= 0.6 is 15.9 Å². The van der Waals surface area contributed by atoms with E-state index in [-0.39, 0.29) is 10.0 Å². The van der Waals surface area contributed by atoms with E-state index in [0.717, 1.165) is 12.8 Å². The van der Waals surface area contributed by atoms with E-state index in [0.29, 0.717) is 12.3 Å². The third-order valence-corrected chi connectivity index (χ3v) is 3.35. The largest absolute Gasteiger partial charge is 0.324 e. The fourth-order valence-corrected chi connectivity index (χ4v) is 2.06. The lowest BCUT2D eigenvalue weighted by Crippen LogP contribution is -2.15. The molecule has 1 saturated carbocycles. The van der Waals surface area contributed by atoms with Crippen LogP contribution in [0.25, 0.3) is 0 Å². The molecule has 82 valence electrons. The van der Waals surface area contributed by atoms with E-state index in [4.69, 9.17) is 5.73 Å². The third kappa shape index (κ3) is 2.37. The number of hydrogen-bond donors (Lipinski definition) is 1. The molecule has 0 amide bonds. The molecule has 1 aliphatic rings. The molecule has 0 heterocycles. The van der Waals surface area contributed by atoms with Gasteiger partial charge in [-0.1, -0.05) is 12.8 Å². The fourth-order valence-electron chi connectivity index (χ4n) is 1.71. The normalized spacial score (nSPS) is 17.9. The highest BCUT2D eigenvalue weighted by Crippen LogP contribution is 2.38. The minimum atomic E-state index is -0.567. The van der Waals surface area contributed by atoms with Gasteiger partial charge in [-0.2, -0.15) is 0 Å². The lowest BCUT2D eigenvalue weighted by Gasteiger charge is -2.14. The Morgan fingerprint density at radius 1 is 1.40 bits per heavy atom. The number of rotatable bonds is 3. The van der Waals surface area contributed by atoms with E-state index < -0.39 is 17.7 Å². The molecule has 15 heavy (non-hydrogen) atoms. The van der Waals surface area contributed by atoms with Gasteiger partial charge in [-0.05, 0) is 40.4 Å². The summed E-state index contributed by atoms with van der Waals surface area (Å²) in [7, 11) is 0. The number of halogens is 3. The maximum atomic E-state index is 13.6. The van der Waals surface area contributed by atoms with Crippen LogP contribution in [0.2, 0.25) is 0 Å². The van der Waals surface area contributed by atoms with Crippen LogP contribution in [-0.2, 0) is 0 Å². The average Bonchev–Trinajstić information content (AvgIpc) is 2.96. The molecule has 1 atom stereocenters. The van der Waals surface area contributed by atoms with Crippen molar-refractivity contribution in [2.75, 3.05) is 0 Å². The molecule has 1 aromatic rings. The summed E-state index contributed by atoms with van der Waals surface area (Å²) in [4.78, 5) is 0. The van der Waals surface area contributed by atoms with E-state index in [1.54, 1.807) is 0 Å². The Morgan fingerprint density at radius 3 is 2.67 bits per heavy atom. The van der Waals surface area contributed by atoms with Crippen LogP contribution in [0.3, 0.4) is 0 Å². The van der Waals surface area contributed by atoms with Gasteiger partial charge in [0, 0.05) is 11.6 Å². The Kier molecular flexibility index (Phi) is 3.07. The molecular weight excluding hydrogens is 264 g/mol. The van der Waals surface area contributed by atoms with Crippen molar-refractivity contribution in [1.29, 1.82) is 0 Å². The van der Waals surface area contributed by atoms with Crippen molar-refractivity contribution in [1.82, 2.24) is 0 Å². The highest BCUT2D eigenvalue weighted by molar-refractivity contribution is 9.10. The summed E-state index contributed by atoms with van der Waals surface area (Å²) in [6, 6.07) is 2.07. The van der Waals surface area contributed by atoms with Crippen LogP contribution in [0.15, 0.2) is 16.6 Å². The van der Waals surface area contributed by atoms with Crippen LogP contribution in [-0.4, -0.2) is 0 Å². The van der Waals surface area contributed by atoms with Gasteiger partial charge in [0.1, 0.15) is 11.6 Å². The van der Waals surface area contributed by atoms with E-state index in [1.807, 2.05) is 0 Å². The van der Waals surface area contributed by atoms with Crippen LogP contribution in [0.5, 0.6) is 0 Å². The van der Waals surface area contributed by atoms with Gasteiger partial charge >= 0.3 is 0 Å². The van der Waals surface area contributed by atoms with Crippen molar-refractivity contribution < 1.29 is 8.78 Å². The SMILES string of the molecule is NC(CC1CC1)c1c(F)ccc(Br)c1F. The minimum Gasteiger partial charge on any atom is -0.324 e. The highest BCUT2D eigenvalue weighted by atomic mass is 79.9. The summed E-state index contributed by atoms with van der Waals surface area (Å²) in [5.41, 5.74) is 5.82. The first-order chi connectivity index (χ1) is 7.09. The van der Waals surface area contributed by atoms with Gasteiger partial charge in [0.05, 0.1) is 4.47 Å². The number of hydrogen-bond acceptors (Lipinski definition) is 1. The predicted octanol–water partition coefficient (Wildman–Crippen LogP) is 3.53. The average molecular weight is 276 g/mol. The predicted molar refractivity (Wildman–Crippen MR) is 58.3 cm³/mol. The number of nitrogens with two attached hydrogens (primary N) is 1. The standard InChI is InChI=1S/C11H12BrF2N/c12-7-3-4-8(13)10(11(7)14)9(15)5-6-1-2-6/h3-4,6,9H,1-2,5,15H2. The second-order valence-electron chi connectivity index (χ2n) is 4.04. The summed E-state index contributed by atoms with van der Waals surface area (Å²) >= 11 is 3.03. The Balaban J connectivity index is 2.27. The summed E-state index contributed by atoms with van der Waals surface area (Å²) in [6.07, 6.45) is 2.93. The zero-order chi connectivity index (χ0) is 11.0. The van der Waals surface area contributed by atoms with Gasteiger partial charge in [0.2, 0.25) is 0 Å². The first-order valence-corrected chi connectivity index (χ1v) is 5.78. The van der Waals surface area contributed by atoms with Crippen molar-refractivity contribution in [3.8, 4) is 0 Å². The summed E-state index contributed by atoms with van der Waals surface area (Å²) < 4.78 is 27.3. The van der Waals surface area contributed by atoms with Gasteiger partial charge < -0.3 is 5.73 Å². The van der Waals surface area contributed by atoms with E-state index in [9.17, 15) is 8.78 Å². The quantitative estimate of drug-likeness (QED) is 0.840. The molecule has 0 radical (unpaired) electrons. The smallest absolute Gasteiger partial charge is 0.145 e. The minimum absolute atomic E-state index is 0.0104. The molecule has 1 aliphatic carbocycles. The summed E-state index contributed by atoms with van der Waals surface area (Å²) in [5, 5.41) is 0. The van der Waals surface area contributed by atoms with Gasteiger partial charge in [-0.25, -0.2) is 8.78 Å². The zero-order valence-electron chi connectivity index (χ0n) is 8.14. The van der Waals surface area contributed by atoms with E-state index in [1.165, 1.54) is 12.1 Å². The summed E-state index contributed by atoms with van der Waals surface area (Å²) in [5.74, 6) is -0.565. The van der Waals surface area contributed by atoms with Gasteiger partial charge in [-0.3, -0.25) is 0 Å². The summed E-state index contributed by atoms with van der Waals surface area (Å²) in [6.45, 7) is 0. The lowest BCUT2D eigenvalue weighted by atomic mass is 10.0. The fraction of sp³-hybridized carbons (Fsp3) is 0.455. The van der Waals surface area contributed by atoms with Crippen molar-refractivity contribution >= 4 is 15.9 Å². The zero-order valence-corrected chi connectivity index (χ0v) is 9.73. The number of benzene rings is 1. The molecule has 0 aliphatic heterocycles. The molecule has 1 aromatic carbocycles. The van der Waals surface area contributed by atoms with Crippen molar-refractivity contribution in [3.05, 3.63) is 33.8 Å². The van der Waals surface area contributed by atoms with Crippen molar-refractivity contribution in [2.24, 2.45) is 11.7 Å². The van der Waals surface area contributed by atoms with Gasteiger partial charge in [0.25, 0.3) is 0 Å². The Morgan fingerprint density at radius 2 is 2.07 bits per heavy atom. The van der Waals surface area contributed by atoms with Gasteiger partial charge in [-0.15, -0.1) is 0 Å². The second kappa shape index (κ2) is 4.18.